The summed E-state index contributed by atoms with van der Waals surface area (Å²) in [5.74, 6) is 0. The lowest BCUT2D eigenvalue weighted by atomic mass is 10.3. The molecule has 0 unspecified atom stereocenters. The first-order valence-corrected chi connectivity index (χ1v) is 7.32. The number of methoxy groups -OCH3 is 1. The zero-order valence-electron chi connectivity index (χ0n) is 11.4. The summed E-state index contributed by atoms with van der Waals surface area (Å²) in [6.45, 7) is 2.53. The van der Waals surface area contributed by atoms with E-state index in [2.05, 4.69) is 20.5 Å². The number of ether oxygens (including phenoxy) is 1. The molecular weight excluding hydrogens is 276 g/mol. The number of H-pyrrole nitrogens is 1. The number of nitrogens with one attached hydrogen (secondary N) is 2. The van der Waals surface area contributed by atoms with Crippen LogP contribution in [-0.2, 0) is 11.2 Å². The third-order valence-electron chi connectivity index (χ3n) is 2.72. The van der Waals surface area contributed by atoms with E-state index in [4.69, 9.17) is 4.74 Å². The van der Waals surface area contributed by atoms with Crippen molar-refractivity contribution in [2.45, 2.75) is 12.8 Å². The lowest BCUT2D eigenvalue weighted by Gasteiger charge is -2.01. The Morgan fingerprint density at radius 1 is 1.40 bits per heavy atom. The quantitative estimate of drug-likeness (QED) is 0.712. The van der Waals surface area contributed by atoms with E-state index in [9.17, 15) is 4.79 Å². The molecule has 0 saturated heterocycles. The molecule has 0 amide bonds. The SMILES string of the molecule is COCCNCCCc1nnc(-c2cc[nH]c(=O)c2)s1. The first kappa shape index (κ1) is 14.8. The zero-order chi connectivity index (χ0) is 14.2. The zero-order valence-corrected chi connectivity index (χ0v) is 12.2. The molecule has 0 bridgehead atoms. The van der Waals surface area contributed by atoms with Crippen molar-refractivity contribution >= 4 is 11.3 Å². The minimum atomic E-state index is -0.124. The summed E-state index contributed by atoms with van der Waals surface area (Å²) in [7, 11) is 1.69. The van der Waals surface area contributed by atoms with Gasteiger partial charge in [-0.1, -0.05) is 11.3 Å². The van der Waals surface area contributed by atoms with E-state index >= 15 is 0 Å². The Kier molecular flexibility index (Phi) is 5.85. The van der Waals surface area contributed by atoms with E-state index < -0.39 is 0 Å². The fraction of sp³-hybridized carbons (Fsp3) is 0.462. The fourth-order valence-corrected chi connectivity index (χ4v) is 2.59. The Hall–Kier alpha value is -1.57. The van der Waals surface area contributed by atoms with Gasteiger partial charge in [0.25, 0.3) is 0 Å². The second-order valence-electron chi connectivity index (χ2n) is 4.29. The average Bonchev–Trinajstić information content (AvgIpc) is 2.91. The van der Waals surface area contributed by atoms with E-state index in [1.807, 2.05) is 6.07 Å². The Morgan fingerprint density at radius 2 is 2.30 bits per heavy atom. The number of hydrogen-bond acceptors (Lipinski definition) is 6. The first-order valence-electron chi connectivity index (χ1n) is 6.51. The summed E-state index contributed by atoms with van der Waals surface area (Å²) in [6, 6.07) is 3.37. The molecule has 0 aromatic carbocycles. The van der Waals surface area contributed by atoms with Crippen molar-refractivity contribution in [1.29, 1.82) is 0 Å². The number of aromatic nitrogens is 3. The van der Waals surface area contributed by atoms with Crippen LogP contribution in [0.25, 0.3) is 10.6 Å². The molecule has 20 heavy (non-hydrogen) atoms. The highest BCUT2D eigenvalue weighted by molar-refractivity contribution is 7.14. The normalized spacial score (nSPS) is 10.8. The molecule has 2 rings (SSSR count). The number of pyridine rings is 1. The monoisotopic (exact) mass is 294 g/mol. The van der Waals surface area contributed by atoms with Crippen LogP contribution in [0.15, 0.2) is 23.1 Å². The van der Waals surface area contributed by atoms with Crippen molar-refractivity contribution in [1.82, 2.24) is 20.5 Å². The topological polar surface area (TPSA) is 79.9 Å². The molecule has 6 nitrogen and oxygen atoms in total. The van der Waals surface area contributed by atoms with E-state index in [0.717, 1.165) is 48.1 Å². The molecule has 2 aromatic rings. The molecule has 7 heteroatoms. The van der Waals surface area contributed by atoms with Crippen molar-refractivity contribution in [3.8, 4) is 10.6 Å². The van der Waals surface area contributed by atoms with Gasteiger partial charge in [-0.15, -0.1) is 10.2 Å². The largest absolute Gasteiger partial charge is 0.383 e. The van der Waals surface area contributed by atoms with Gasteiger partial charge >= 0.3 is 0 Å². The van der Waals surface area contributed by atoms with Gasteiger partial charge in [-0.2, -0.15) is 0 Å². The number of nitrogens with zero attached hydrogens (tertiary/aromatic N) is 2. The fourth-order valence-electron chi connectivity index (χ4n) is 1.71. The molecular formula is C13H18N4O2S. The van der Waals surface area contributed by atoms with Gasteiger partial charge in [-0.05, 0) is 19.0 Å². The Bertz CT molecular complexity index is 582. The van der Waals surface area contributed by atoms with Gasteiger partial charge in [0.15, 0.2) is 0 Å². The van der Waals surface area contributed by atoms with Crippen LogP contribution in [0.5, 0.6) is 0 Å². The van der Waals surface area contributed by atoms with Gasteiger partial charge in [0.1, 0.15) is 10.0 Å². The van der Waals surface area contributed by atoms with Gasteiger partial charge in [-0.3, -0.25) is 4.79 Å². The molecule has 0 saturated carbocycles. The summed E-state index contributed by atoms with van der Waals surface area (Å²) in [5.41, 5.74) is 0.692. The number of hydrogen-bond donors (Lipinski definition) is 2. The summed E-state index contributed by atoms with van der Waals surface area (Å²) in [5, 5.41) is 13.4. The van der Waals surface area contributed by atoms with Crippen molar-refractivity contribution in [2.75, 3.05) is 26.8 Å². The number of aryl methyl sites for hydroxylation is 1. The van der Waals surface area contributed by atoms with E-state index in [0.29, 0.717) is 0 Å². The van der Waals surface area contributed by atoms with Crippen LogP contribution < -0.4 is 10.9 Å². The molecule has 0 aliphatic rings. The van der Waals surface area contributed by atoms with Crippen molar-refractivity contribution in [3.63, 3.8) is 0 Å². The molecule has 2 N–H and O–H groups in total. The smallest absolute Gasteiger partial charge is 0.248 e. The van der Waals surface area contributed by atoms with E-state index in [1.54, 1.807) is 13.3 Å². The van der Waals surface area contributed by atoms with Crippen LogP contribution in [0.4, 0.5) is 0 Å². The van der Waals surface area contributed by atoms with Crippen LogP contribution in [0, 0.1) is 0 Å². The molecule has 0 aliphatic heterocycles. The Balaban J connectivity index is 1.82. The molecule has 0 atom stereocenters. The van der Waals surface area contributed by atoms with Gasteiger partial charge in [0.2, 0.25) is 5.56 Å². The summed E-state index contributed by atoms with van der Waals surface area (Å²) < 4.78 is 4.96. The maximum absolute atomic E-state index is 11.3. The Morgan fingerprint density at radius 3 is 3.10 bits per heavy atom. The third-order valence-corrected chi connectivity index (χ3v) is 3.75. The van der Waals surface area contributed by atoms with Crippen LogP contribution in [-0.4, -0.2) is 42.0 Å². The van der Waals surface area contributed by atoms with Gasteiger partial charge in [0, 0.05) is 37.9 Å². The van der Waals surface area contributed by atoms with E-state index in [1.165, 1.54) is 17.4 Å². The van der Waals surface area contributed by atoms with E-state index in [-0.39, 0.29) is 5.56 Å². The summed E-state index contributed by atoms with van der Waals surface area (Å²) in [6.07, 6.45) is 3.52. The minimum Gasteiger partial charge on any atom is -0.383 e. The lowest BCUT2D eigenvalue weighted by molar-refractivity contribution is 0.199. The van der Waals surface area contributed by atoms with Gasteiger partial charge in [0.05, 0.1) is 6.61 Å². The van der Waals surface area contributed by atoms with Crippen molar-refractivity contribution < 1.29 is 4.74 Å². The molecule has 0 aliphatic carbocycles. The van der Waals surface area contributed by atoms with Crippen LogP contribution in [0.2, 0.25) is 0 Å². The molecule has 2 aromatic heterocycles. The molecule has 0 spiro atoms. The predicted octanol–water partition coefficient (Wildman–Crippen LogP) is 1.06. The van der Waals surface area contributed by atoms with Crippen molar-refractivity contribution in [3.05, 3.63) is 33.7 Å². The average molecular weight is 294 g/mol. The molecule has 2 heterocycles. The molecule has 0 radical (unpaired) electrons. The van der Waals surface area contributed by atoms with Crippen molar-refractivity contribution in [2.24, 2.45) is 0 Å². The highest BCUT2D eigenvalue weighted by Crippen LogP contribution is 2.22. The van der Waals surface area contributed by atoms with Crippen LogP contribution in [0.1, 0.15) is 11.4 Å². The highest BCUT2D eigenvalue weighted by atomic mass is 32.1. The second kappa shape index (κ2) is 7.88. The minimum absolute atomic E-state index is 0.124. The second-order valence-corrected chi connectivity index (χ2v) is 5.35. The number of aromatic amines is 1. The highest BCUT2D eigenvalue weighted by Gasteiger charge is 2.06. The predicted molar refractivity (Wildman–Crippen MR) is 79.0 cm³/mol. The van der Waals surface area contributed by atoms with Gasteiger partial charge < -0.3 is 15.0 Å². The summed E-state index contributed by atoms with van der Waals surface area (Å²) >= 11 is 1.54. The lowest BCUT2D eigenvalue weighted by Crippen LogP contribution is -2.20. The van der Waals surface area contributed by atoms with Gasteiger partial charge in [-0.25, -0.2) is 0 Å². The maximum atomic E-state index is 11.3. The maximum Gasteiger partial charge on any atom is 0.248 e. The van der Waals surface area contributed by atoms with Crippen LogP contribution >= 0.6 is 11.3 Å². The third kappa shape index (κ3) is 4.52. The number of rotatable bonds is 8. The molecule has 108 valence electrons. The summed E-state index contributed by atoms with van der Waals surface area (Å²) in [4.78, 5) is 13.8. The standard InChI is InChI=1S/C13H18N4O2S/c1-19-8-7-14-5-2-3-12-16-17-13(20-12)10-4-6-15-11(18)9-10/h4,6,9,14H,2-3,5,7-8H2,1H3,(H,15,18). The molecule has 0 fully saturated rings. The Labute approximate surface area is 121 Å². The first-order chi connectivity index (χ1) is 9.79. The van der Waals surface area contributed by atoms with Crippen LogP contribution in [0.3, 0.4) is 0 Å².